The number of rotatable bonds is 5. The van der Waals surface area contributed by atoms with Gasteiger partial charge in [-0.1, -0.05) is 0 Å². The van der Waals surface area contributed by atoms with Crippen molar-refractivity contribution in [2.45, 2.75) is 25.9 Å². The van der Waals surface area contributed by atoms with E-state index in [0.717, 1.165) is 6.20 Å². The number of hydrogen-bond donors (Lipinski definition) is 0. The van der Waals surface area contributed by atoms with Crippen molar-refractivity contribution in [2.24, 2.45) is 5.92 Å². The van der Waals surface area contributed by atoms with E-state index in [2.05, 4.69) is 9.84 Å². The smallest absolute Gasteiger partial charge is 0.434 e. The Labute approximate surface area is 181 Å². The zero-order valence-electron chi connectivity index (χ0n) is 17.5. The number of aromatic nitrogens is 2. The molecular formula is C21H22F3N3O5. The highest BCUT2D eigenvalue weighted by Gasteiger charge is 2.41. The summed E-state index contributed by atoms with van der Waals surface area (Å²) in [6.45, 7) is 2.17. The topological polar surface area (TPSA) is 90.7 Å². The van der Waals surface area contributed by atoms with Gasteiger partial charge in [0.05, 0.1) is 31.5 Å². The number of piperidine rings is 1. The van der Waals surface area contributed by atoms with E-state index in [1.807, 2.05) is 0 Å². The molecule has 0 spiro atoms. The summed E-state index contributed by atoms with van der Waals surface area (Å²) >= 11 is 0. The van der Waals surface area contributed by atoms with Gasteiger partial charge in [0.15, 0.2) is 5.69 Å². The monoisotopic (exact) mass is 453 g/mol. The van der Waals surface area contributed by atoms with Gasteiger partial charge in [0.25, 0.3) is 5.91 Å². The number of ether oxygens (including phenoxy) is 2. The molecule has 2 heterocycles. The fraction of sp³-hybridized carbons (Fsp3) is 0.429. The minimum atomic E-state index is -4.85. The molecule has 2 aromatic rings. The number of amides is 1. The van der Waals surface area contributed by atoms with Crippen molar-refractivity contribution in [3.63, 3.8) is 0 Å². The molecule has 8 nitrogen and oxygen atoms in total. The lowest BCUT2D eigenvalue weighted by atomic mass is 9.96. The second-order valence-electron chi connectivity index (χ2n) is 7.17. The van der Waals surface area contributed by atoms with Crippen LogP contribution in [0.3, 0.4) is 0 Å². The third-order valence-corrected chi connectivity index (χ3v) is 5.21. The first-order valence-electron chi connectivity index (χ1n) is 9.97. The number of likely N-dealkylation sites (tertiary alicyclic amines) is 1. The van der Waals surface area contributed by atoms with E-state index in [9.17, 15) is 27.6 Å². The molecular weight excluding hydrogens is 431 g/mol. The van der Waals surface area contributed by atoms with E-state index in [4.69, 9.17) is 4.74 Å². The van der Waals surface area contributed by atoms with Gasteiger partial charge < -0.3 is 14.4 Å². The number of benzene rings is 1. The molecule has 3 rings (SSSR count). The van der Waals surface area contributed by atoms with E-state index in [1.165, 1.54) is 38.3 Å². The maximum atomic E-state index is 13.6. The van der Waals surface area contributed by atoms with Gasteiger partial charge in [0, 0.05) is 18.7 Å². The lowest BCUT2D eigenvalue weighted by molar-refractivity contribution is -0.147. The summed E-state index contributed by atoms with van der Waals surface area (Å²) in [5, 5.41) is 3.71. The molecule has 1 saturated heterocycles. The lowest BCUT2D eigenvalue weighted by Crippen LogP contribution is -2.40. The van der Waals surface area contributed by atoms with Crippen LogP contribution in [0.1, 0.15) is 46.2 Å². The van der Waals surface area contributed by atoms with Crippen LogP contribution in [0.2, 0.25) is 0 Å². The summed E-state index contributed by atoms with van der Waals surface area (Å²) in [6, 6.07) is 5.45. The molecule has 0 radical (unpaired) electrons. The standard InChI is InChI=1S/C21H22F3N3O5/c1-3-32-20(30)16-12-25-27(17(16)21(22,23)24)15-6-4-13(5-7-15)18(28)26-10-8-14(9-11-26)19(29)31-2/h4-7,12,14H,3,8-11H2,1-2H3. The fourth-order valence-corrected chi connectivity index (χ4v) is 3.59. The quantitative estimate of drug-likeness (QED) is 0.647. The SMILES string of the molecule is CCOC(=O)c1cnn(-c2ccc(C(=O)N3CCC(C(=O)OC)CC3)cc2)c1C(F)(F)F. The molecule has 0 atom stereocenters. The lowest BCUT2D eigenvalue weighted by Gasteiger charge is -2.30. The molecule has 0 bridgehead atoms. The van der Waals surface area contributed by atoms with Crippen molar-refractivity contribution in [1.29, 1.82) is 0 Å². The first-order chi connectivity index (χ1) is 15.2. The van der Waals surface area contributed by atoms with E-state index >= 15 is 0 Å². The number of carbonyl (C=O) groups excluding carboxylic acids is 3. The molecule has 0 N–H and O–H groups in total. The Hall–Kier alpha value is -3.37. The highest BCUT2D eigenvalue weighted by atomic mass is 19.4. The van der Waals surface area contributed by atoms with Crippen molar-refractivity contribution in [3.05, 3.63) is 47.3 Å². The molecule has 0 unspecified atom stereocenters. The van der Waals surface area contributed by atoms with Crippen molar-refractivity contribution in [1.82, 2.24) is 14.7 Å². The molecule has 0 aliphatic carbocycles. The van der Waals surface area contributed by atoms with Gasteiger partial charge in [-0.2, -0.15) is 18.3 Å². The minimum Gasteiger partial charge on any atom is -0.469 e. The van der Waals surface area contributed by atoms with E-state index in [0.29, 0.717) is 30.6 Å². The predicted molar refractivity (Wildman–Crippen MR) is 105 cm³/mol. The van der Waals surface area contributed by atoms with Gasteiger partial charge in [0.1, 0.15) is 5.56 Å². The number of carbonyl (C=O) groups is 3. The van der Waals surface area contributed by atoms with Crippen LogP contribution in [0.5, 0.6) is 0 Å². The average Bonchev–Trinajstić information content (AvgIpc) is 3.24. The summed E-state index contributed by atoms with van der Waals surface area (Å²) in [7, 11) is 1.32. The normalized spacial score (nSPS) is 14.8. The van der Waals surface area contributed by atoms with Crippen LogP contribution in [-0.2, 0) is 20.4 Å². The second-order valence-corrected chi connectivity index (χ2v) is 7.17. The molecule has 32 heavy (non-hydrogen) atoms. The summed E-state index contributed by atoms with van der Waals surface area (Å²) in [5.41, 5.74) is -1.61. The van der Waals surface area contributed by atoms with Crippen LogP contribution in [-0.4, -0.2) is 59.3 Å². The molecule has 1 aliphatic rings. The van der Waals surface area contributed by atoms with Crippen LogP contribution >= 0.6 is 0 Å². The Balaban J connectivity index is 1.80. The van der Waals surface area contributed by atoms with Crippen LogP contribution < -0.4 is 0 Å². The van der Waals surface area contributed by atoms with E-state index in [1.54, 1.807) is 4.90 Å². The van der Waals surface area contributed by atoms with Crippen LogP contribution in [0.25, 0.3) is 5.69 Å². The molecule has 1 aromatic carbocycles. The average molecular weight is 453 g/mol. The Bertz CT molecular complexity index is 993. The molecule has 1 amide bonds. The van der Waals surface area contributed by atoms with E-state index < -0.39 is 23.4 Å². The van der Waals surface area contributed by atoms with E-state index in [-0.39, 0.29) is 35.7 Å². The van der Waals surface area contributed by atoms with Gasteiger partial charge in [-0.15, -0.1) is 0 Å². The zero-order valence-corrected chi connectivity index (χ0v) is 17.5. The van der Waals surface area contributed by atoms with Gasteiger partial charge in [0.2, 0.25) is 0 Å². The Kier molecular flexibility index (Phi) is 6.85. The maximum absolute atomic E-state index is 13.6. The number of methoxy groups -OCH3 is 1. The number of alkyl halides is 3. The highest BCUT2D eigenvalue weighted by molar-refractivity contribution is 5.94. The van der Waals surface area contributed by atoms with Crippen LogP contribution in [0, 0.1) is 5.92 Å². The third kappa shape index (κ3) is 4.76. The van der Waals surface area contributed by atoms with Crippen molar-refractivity contribution in [3.8, 4) is 5.69 Å². The van der Waals surface area contributed by atoms with Crippen LogP contribution in [0.4, 0.5) is 13.2 Å². The number of halogens is 3. The number of esters is 2. The van der Waals surface area contributed by atoms with Crippen molar-refractivity contribution in [2.75, 3.05) is 26.8 Å². The van der Waals surface area contributed by atoms with Gasteiger partial charge >= 0.3 is 18.1 Å². The largest absolute Gasteiger partial charge is 0.469 e. The van der Waals surface area contributed by atoms with Crippen molar-refractivity contribution >= 4 is 17.8 Å². The number of hydrogen-bond acceptors (Lipinski definition) is 6. The first-order valence-corrected chi connectivity index (χ1v) is 9.97. The molecule has 11 heteroatoms. The molecule has 1 fully saturated rings. The Morgan fingerprint density at radius 1 is 1.12 bits per heavy atom. The fourth-order valence-electron chi connectivity index (χ4n) is 3.59. The summed E-state index contributed by atoms with van der Waals surface area (Å²) in [4.78, 5) is 37.8. The molecule has 1 aliphatic heterocycles. The Morgan fingerprint density at radius 3 is 2.28 bits per heavy atom. The first kappa shape index (κ1) is 23.3. The summed E-state index contributed by atoms with van der Waals surface area (Å²) < 4.78 is 50.9. The highest BCUT2D eigenvalue weighted by Crippen LogP contribution is 2.34. The van der Waals surface area contributed by atoms with Gasteiger partial charge in [-0.25, -0.2) is 9.48 Å². The van der Waals surface area contributed by atoms with Crippen LogP contribution in [0.15, 0.2) is 30.5 Å². The second kappa shape index (κ2) is 9.41. The Morgan fingerprint density at radius 2 is 1.75 bits per heavy atom. The van der Waals surface area contributed by atoms with Gasteiger partial charge in [-0.3, -0.25) is 9.59 Å². The predicted octanol–water partition coefficient (Wildman–Crippen LogP) is 3.09. The van der Waals surface area contributed by atoms with Crippen molar-refractivity contribution < 1.29 is 37.0 Å². The maximum Gasteiger partial charge on any atom is 0.434 e. The minimum absolute atomic E-state index is 0.0359. The molecule has 172 valence electrons. The molecule has 0 saturated carbocycles. The summed E-state index contributed by atoms with van der Waals surface area (Å²) in [6.07, 6.45) is -3.08. The number of nitrogens with zero attached hydrogens (tertiary/aromatic N) is 3. The zero-order chi connectivity index (χ0) is 23.5. The van der Waals surface area contributed by atoms with Gasteiger partial charge in [-0.05, 0) is 44.0 Å². The molecule has 1 aromatic heterocycles. The third-order valence-electron chi connectivity index (χ3n) is 5.21. The summed E-state index contributed by atoms with van der Waals surface area (Å²) in [5.74, 6) is -1.96.